The third-order valence-corrected chi connectivity index (χ3v) is 4.95. The van der Waals surface area contributed by atoms with Gasteiger partial charge in [-0.2, -0.15) is 0 Å². The third-order valence-electron chi connectivity index (χ3n) is 1.70. The lowest BCUT2D eigenvalue weighted by atomic mass is 10.3. The molecule has 0 saturated heterocycles. The van der Waals surface area contributed by atoms with Gasteiger partial charge in [0.25, 0.3) is 5.59 Å². The maximum Gasteiger partial charge on any atom is 0.366 e. The van der Waals surface area contributed by atoms with Crippen molar-refractivity contribution in [3.63, 3.8) is 0 Å². The molecule has 0 aliphatic heterocycles. The highest BCUT2D eigenvalue weighted by atomic mass is 31.2. The number of pyridine rings is 1. The molecular weight excluding hydrogens is 272 g/mol. The molecule has 10 heteroatoms. The van der Waals surface area contributed by atoms with Gasteiger partial charge < -0.3 is 24.3 Å². The second-order valence-corrected chi connectivity index (χ2v) is 6.88. The molecule has 0 unspecified atom stereocenters. The number of ether oxygens (including phenoxy) is 1. The number of nitrogens with zero attached hydrogens (tertiary/aromatic N) is 1. The molecule has 0 aliphatic rings. The van der Waals surface area contributed by atoms with Crippen LogP contribution in [0.25, 0.3) is 0 Å². The van der Waals surface area contributed by atoms with E-state index in [1.165, 1.54) is 12.4 Å². The normalized spacial score (nSPS) is 13.0. The van der Waals surface area contributed by atoms with E-state index in [0.717, 1.165) is 0 Å². The highest BCUT2D eigenvalue weighted by Crippen LogP contribution is 2.60. The number of hydrogen-bond acceptors (Lipinski definition) is 4. The average Bonchev–Trinajstić information content (AvgIpc) is 2.15. The Morgan fingerprint density at radius 3 is 2.24 bits per heavy atom. The predicted molar refractivity (Wildman–Crippen MR) is 56.9 cm³/mol. The van der Waals surface area contributed by atoms with Gasteiger partial charge in [0.1, 0.15) is 0 Å². The summed E-state index contributed by atoms with van der Waals surface area (Å²) in [5.41, 5.74) is -2.00. The first-order valence-corrected chi connectivity index (χ1v) is 7.68. The molecule has 0 amide bonds. The summed E-state index contributed by atoms with van der Waals surface area (Å²) in [6, 6.07) is 3.10. The summed E-state index contributed by atoms with van der Waals surface area (Å²) >= 11 is 0. The maximum absolute atomic E-state index is 10.9. The lowest BCUT2D eigenvalue weighted by molar-refractivity contribution is 0.100. The zero-order valence-corrected chi connectivity index (χ0v) is 10.2. The number of hydrogen-bond donors (Lipinski definition) is 4. The lowest BCUT2D eigenvalue weighted by Gasteiger charge is -2.19. The maximum atomic E-state index is 10.9. The smallest absolute Gasteiger partial charge is 0.350 e. The highest BCUT2D eigenvalue weighted by molar-refractivity contribution is 7.70. The summed E-state index contributed by atoms with van der Waals surface area (Å²) in [5, 5.41) is 0. The van der Waals surface area contributed by atoms with Gasteiger partial charge in [-0.15, -0.1) is 0 Å². The molecular formula is C7H11NO7P2. The fourth-order valence-corrected chi connectivity index (χ4v) is 3.15. The fourth-order valence-electron chi connectivity index (χ4n) is 1.04. The van der Waals surface area contributed by atoms with Crippen molar-refractivity contribution in [1.29, 1.82) is 0 Å². The summed E-state index contributed by atoms with van der Waals surface area (Å²) in [6.45, 7) is -0.352. The van der Waals surface area contributed by atoms with E-state index in [-0.39, 0.29) is 6.61 Å². The monoisotopic (exact) mass is 283 g/mol. The molecule has 0 fully saturated rings. The van der Waals surface area contributed by atoms with Gasteiger partial charge in [-0.3, -0.25) is 14.1 Å². The molecule has 0 aliphatic carbocycles. The van der Waals surface area contributed by atoms with E-state index >= 15 is 0 Å². The van der Waals surface area contributed by atoms with Crippen LogP contribution in [-0.2, 0) is 20.5 Å². The zero-order chi connectivity index (χ0) is 13.1. The Morgan fingerprint density at radius 2 is 1.82 bits per heavy atom. The quantitative estimate of drug-likeness (QED) is 0.564. The molecule has 0 aromatic carbocycles. The summed E-state index contributed by atoms with van der Waals surface area (Å²) in [6.07, 6.45) is 2.84. The van der Waals surface area contributed by atoms with Gasteiger partial charge in [-0.25, -0.2) is 0 Å². The van der Waals surface area contributed by atoms with Gasteiger partial charge in [0.2, 0.25) is 0 Å². The average molecular weight is 283 g/mol. The minimum absolute atomic E-state index is 0.352. The summed E-state index contributed by atoms with van der Waals surface area (Å²) < 4.78 is 26.3. The molecule has 17 heavy (non-hydrogen) atoms. The predicted octanol–water partition coefficient (Wildman–Crippen LogP) is 0.237. The Kier molecular flexibility index (Phi) is 4.57. The number of rotatable bonds is 5. The van der Waals surface area contributed by atoms with Gasteiger partial charge >= 0.3 is 15.2 Å². The van der Waals surface area contributed by atoms with Crippen molar-refractivity contribution in [3.05, 3.63) is 30.1 Å². The van der Waals surface area contributed by atoms with Crippen molar-refractivity contribution >= 4 is 15.2 Å². The van der Waals surface area contributed by atoms with Crippen molar-refractivity contribution in [2.24, 2.45) is 0 Å². The Morgan fingerprint density at radius 1 is 1.24 bits per heavy atom. The van der Waals surface area contributed by atoms with Gasteiger partial charge in [0, 0.05) is 12.4 Å². The molecule has 8 nitrogen and oxygen atoms in total. The van der Waals surface area contributed by atoms with Crippen LogP contribution in [-0.4, -0.2) is 30.1 Å². The van der Waals surface area contributed by atoms with Crippen LogP contribution < -0.4 is 0 Å². The standard InChI is InChI=1S/C7H11NO7P2/c9-16(10,11)7(17(12,13)14)15-5-6-2-1-3-8-4-6/h1-4,7H,5H2,(H2,9,10,11)(H2,12,13,14). The Hall–Kier alpha value is -0.590. The molecule has 1 rings (SSSR count). The van der Waals surface area contributed by atoms with E-state index < -0.39 is 20.8 Å². The molecule has 0 radical (unpaired) electrons. The molecule has 0 bridgehead atoms. The van der Waals surface area contributed by atoms with Crippen LogP contribution in [0, 0.1) is 0 Å². The largest absolute Gasteiger partial charge is 0.366 e. The Balaban J connectivity index is 2.77. The van der Waals surface area contributed by atoms with Crippen LogP contribution >= 0.6 is 15.2 Å². The van der Waals surface area contributed by atoms with Crippen molar-refractivity contribution in [3.8, 4) is 0 Å². The first-order chi connectivity index (χ1) is 7.71. The van der Waals surface area contributed by atoms with Gasteiger partial charge in [-0.05, 0) is 11.6 Å². The number of aromatic nitrogens is 1. The summed E-state index contributed by atoms with van der Waals surface area (Å²) in [4.78, 5) is 38.8. The SMILES string of the molecule is O=P(O)(O)C(OCc1cccnc1)P(=O)(O)O. The van der Waals surface area contributed by atoms with Crippen molar-refractivity contribution in [2.75, 3.05) is 0 Å². The molecule has 0 atom stereocenters. The molecule has 0 spiro atoms. The Labute approximate surface area is 96.6 Å². The summed E-state index contributed by atoms with van der Waals surface area (Å²) in [5.74, 6) is 0. The third kappa shape index (κ3) is 4.65. The highest BCUT2D eigenvalue weighted by Gasteiger charge is 2.44. The second-order valence-electron chi connectivity index (χ2n) is 3.18. The van der Waals surface area contributed by atoms with Crippen LogP contribution in [0.15, 0.2) is 24.5 Å². The van der Waals surface area contributed by atoms with E-state index in [4.69, 9.17) is 19.6 Å². The van der Waals surface area contributed by atoms with E-state index in [2.05, 4.69) is 9.72 Å². The van der Waals surface area contributed by atoms with Gasteiger partial charge in [0.15, 0.2) is 0 Å². The van der Waals surface area contributed by atoms with Gasteiger partial charge in [-0.1, -0.05) is 6.07 Å². The fraction of sp³-hybridized carbons (Fsp3) is 0.286. The van der Waals surface area contributed by atoms with E-state index in [1.807, 2.05) is 0 Å². The van der Waals surface area contributed by atoms with Crippen LogP contribution in [0.3, 0.4) is 0 Å². The van der Waals surface area contributed by atoms with Crippen LogP contribution in [0.4, 0.5) is 0 Å². The zero-order valence-electron chi connectivity index (χ0n) is 8.45. The molecule has 4 N–H and O–H groups in total. The second kappa shape index (κ2) is 5.37. The first-order valence-electron chi connectivity index (χ1n) is 4.32. The molecule has 0 saturated carbocycles. The molecule has 1 aromatic heterocycles. The van der Waals surface area contributed by atoms with Gasteiger partial charge in [0.05, 0.1) is 6.61 Å². The minimum Gasteiger partial charge on any atom is -0.350 e. The summed E-state index contributed by atoms with van der Waals surface area (Å²) in [7, 11) is -10.1. The van der Waals surface area contributed by atoms with Crippen LogP contribution in [0.2, 0.25) is 0 Å². The topological polar surface area (TPSA) is 137 Å². The molecule has 1 aromatic rings. The molecule has 1 heterocycles. The van der Waals surface area contributed by atoms with E-state index in [0.29, 0.717) is 5.56 Å². The van der Waals surface area contributed by atoms with Crippen LogP contribution in [0.5, 0.6) is 0 Å². The van der Waals surface area contributed by atoms with Crippen molar-refractivity contribution in [1.82, 2.24) is 4.98 Å². The Bertz CT molecular complexity index is 431. The molecule has 96 valence electrons. The van der Waals surface area contributed by atoms with E-state index in [9.17, 15) is 9.13 Å². The van der Waals surface area contributed by atoms with Crippen molar-refractivity contribution in [2.45, 2.75) is 12.2 Å². The first kappa shape index (κ1) is 14.5. The minimum atomic E-state index is -5.04. The lowest BCUT2D eigenvalue weighted by Crippen LogP contribution is -2.13. The van der Waals surface area contributed by atoms with E-state index in [1.54, 1.807) is 12.1 Å². The van der Waals surface area contributed by atoms with Crippen molar-refractivity contribution < 1.29 is 33.4 Å². The van der Waals surface area contributed by atoms with Crippen LogP contribution in [0.1, 0.15) is 5.56 Å².